The highest BCUT2D eigenvalue weighted by molar-refractivity contribution is 7.90. The number of hydrogen-bond donors (Lipinski definition) is 2. The van der Waals surface area contributed by atoms with Crippen LogP contribution in [-0.2, 0) is 14.6 Å². The first-order valence-electron chi connectivity index (χ1n) is 7.42. The number of nitrogens with two attached hydrogens (primary N) is 1. The quantitative estimate of drug-likeness (QED) is 0.623. The van der Waals surface area contributed by atoms with Crippen molar-refractivity contribution in [2.24, 2.45) is 0 Å². The van der Waals surface area contributed by atoms with Crippen LogP contribution in [0.5, 0.6) is 0 Å². The standard InChI is InChI=1S/C15H24N2O3S/c1-21(18,19)13-7-8-15(14(16)11-13)17-9-10-20-12-5-3-2-4-6-12/h7-8,11-12,17H,2-6,9-10,16H2,1H3. The molecule has 0 unspecified atom stereocenters. The summed E-state index contributed by atoms with van der Waals surface area (Å²) in [6, 6.07) is 4.75. The highest BCUT2D eigenvalue weighted by Gasteiger charge is 2.13. The minimum Gasteiger partial charge on any atom is -0.397 e. The van der Waals surface area contributed by atoms with Gasteiger partial charge in [0.1, 0.15) is 0 Å². The van der Waals surface area contributed by atoms with Crippen LogP contribution in [-0.4, -0.2) is 33.9 Å². The minimum atomic E-state index is -3.21. The van der Waals surface area contributed by atoms with Crippen LogP contribution in [0.1, 0.15) is 32.1 Å². The number of benzene rings is 1. The van der Waals surface area contributed by atoms with E-state index in [0.29, 0.717) is 24.9 Å². The van der Waals surface area contributed by atoms with E-state index >= 15 is 0 Å². The first kappa shape index (κ1) is 16.1. The molecule has 5 nitrogen and oxygen atoms in total. The number of hydrogen-bond acceptors (Lipinski definition) is 5. The molecule has 0 radical (unpaired) electrons. The first-order chi connectivity index (χ1) is 9.97. The lowest BCUT2D eigenvalue weighted by Gasteiger charge is -2.22. The van der Waals surface area contributed by atoms with E-state index < -0.39 is 9.84 Å². The maximum absolute atomic E-state index is 11.4. The van der Waals surface area contributed by atoms with Crippen LogP contribution in [0.2, 0.25) is 0 Å². The first-order valence-corrected chi connectivity index (χ1v) is 9.31. The van der Waals surface area contributed by atoms with Crippen LogP contribution in [0.4, 0.5) is 11.4 Å². The number of nitrogens with one attached hydrogen (secondary N) is 1. The molecule has 0 aromatic heterocycles. The van der Waals surface area contributed by atoms with Crippen LogP contribution in [0.15, 0.2) is 23.1 Å². The third kappa shape index (κ3) is 4.89. The Kier molecular flexibility index (Phi) is 5.47. The zero-order valence-corrected chi connectivity index (χ0v) is 13.3. The largest absolute Gasteiger partial charge is 0.397 e. The van der Waals surface area contributed by atoms with Crippen molar-refractivity contribution in [3.63, 3.8) is 0 Å². The Balaban J connectivity index is 1.80. The number of sulfone groups is 1. The maximum Gasteiger partial charge on any atom is 0.175 e. The second kappa shape index (κ2) is 7.13. The van der Waals surface area contributed by atoms with E-state index in [1.165, 1.54) is 31.6 Å². The van der Waals surface area contributed by atoms with E-state index in [1.807, 2.05) is 0 Å². The SMILES string of the molecule is CS(=O)(=O)c1ccc(NCCOC2CCCCC2)c(N)c1. The van der Waals surface area contributed by atoms with E-state index in [2.05, 4.69) is 5.32 Å². The Labute approximate surface area is 126 Å². The van der Waals surface area contributed by atoms with Gasteiger partial charge in [0, 0.05) is 12.8 Å². The van der Waals surface area contributed by atoms with Crippen molar-refractivity contribution in [3.8, 4) is 0 Å². The molecule has 21 heavy (non-hydrogen) atoms. The highest BCUT2D eigenvalue weighted by atomic mass is 32.2. The summed E-state index contributed by atoms with van der Waals surface area (Å²) in [5, 5.41) is 3.19. The lowest BCUT2D eigenvalue weighted by Crippen LogP contribution is -2.20. The van der Waals surface area contributed by atoms with Gasteiger partial charge < -0.3 is 15.8 Å². The van der Waals surface area contributed by atoms with E-state index in [0.717, 1.165) is 18.5 Å². The van der Waals surface area contributed by atoms with Crippen LogP contribution in [0, 0.1) is 0 Å². The predicted octanol–water partition coefficient (Wildman–Crippen LogP) is 2.43. The van der Waals surface area contributed by atoms with E-state index in [1.54, 1.807) is 12.1 Å². The molecule has 6 heteroatoms. The Morgan fingerprint density at radius 1 is 1.29 bits per heavy atom. The molecule has 1 saturated carbocycles. The zero-order chi connectivity index (χ0) is 15.3. The molecule has 1 aliphatic carbocycles. The van der Waals surface area contributed by atoms with Crippen LogP contribution in [0.3, 0.4) is 0 Å². The average molecular weight is 312 g/mol. The fraction of sp³-hybridized carbons (Fsp3) is 0.600. The molecule has 1 fully saturated rings. The molecule has 1 aliphatic rings. The molecule has 0 aliphatic heterocycles. The van der Waals surface area contributed by atoms with Crippen molar-refractivity contribution < 1.29 is 13.2 Å². The average Bonchev–Trinajstić information content (AvgIpc) is 2.45. The van der Waals surface area contributed by atoms with Crippen molar-refractivity contribution in [2.75, 3.05) is 30.5 Å². The fourth-order valence-corrected chi connectivity index (χ4v) is 3.23. The van der Waals surface area contributed by atoms with E-state index in [-0.39, 0.29) is 4.90 Å². The monoisotopic (exact) mass is 312 g/mol. The number of anilines is 2. The van der Waals surface area contributed by atoms with Gasteiger partial charge in [-0.3, -0.25) is 0 Å². The van der Waals surface area contributed by atoms with Gasteiger partial charge in [0.2, 0.25) is 0 Å². The lowest BCUT2D eigenvalue weighted by atomic mass is 9.98. The predicted molar refractivity (Wildman–Crippen MR) is 85.3 cm³/mol. The van der Waals surface area contributed by atoms with Gasteiger partial charge in [0.15, 0.2) is 9.84 Å². The fourth-order valence-electron chi connectivity index (χ4n) is 2.58. The summed E-state index contributed by atoms with van der Waals surface area (Å²) in [5.41, 5.74) is 7.06. The van der Waals surface area contributed by atoms with Crippen LogP contribution < -0.4 is 11.1 Å². The second-order valence-electron chi connectivity index (χ2n) is 5.58. The Bertz CT molecular complexity index is 566. The van der Waals surface area contributed by atoms with Gasteiger partial charge in [-0.15, -0.1) is 0 Å². The van der Waals surface area contributed by atoms with Crippen LogP contribution in [0.25, 0.3) is 0 Å². The minimum absolute atomic E-state index is 0.240. The lowest BCUT2D eigenvalue weighted by molar-refractivity contribution is 0.0347. The summed E-state index contributed by atoms with van der Waals surface area (Å²) in [6.45, 7) is 1.30. The molecule has 0 heterocycles. The number of nitrogen functional groups attached to an aromatic ring is 1. The summed E-state index contributed by atoms with van der Waals surface area (Å²) in [4.78, 5) is 0.240. The van der Waals surface area contributed by atoms with Crippen LogP contribution >= 0.6 is 0 Å². The Morgan fingerprint density at radius 2 is 2.00 bits per heavy atom. The Morgan fingerprint density at radius 3 is 2.62 bits per heavy atom. The normalized spacial score (nSPS) is 16.8. The third-order valence-electron chi connectivity index (χ3n) is 3.77. The molecule has 0 saturated heterocycles. The molecule has 0 spiro atoms. The molecule has 3 N–H and O–H groups in total. The summed E-state index contributed by atoms with van der Waals surface area (Å²) >= 11 is 0. The summed E-state index contributed by atoms with van der Waals surface area (Å²) in [7, 11) is -3.21. The van der Waals surface area contributed by atoms with Gasteiger partial charge in [-0.2, -0.15) is 0 Å². The topological polar surface area (TPSA) is 81.4 Å². The Hall–Kier alpha value is -1.27. The van der Waals surface area contributed by atoms with Gasteiger partial charge >= 0.3 is 0 Å². The number of rotatable bonds is 6. The molecule has 2 rings (SSSR count). The van der Waals surface area contributed by atoms with Gasteiger partial charge in [-0.1, -0.05) is 19.3 Å². The molecule has 0 amide bonds. The third-order valence-corrected chi connectivity index (χ3v) is 4.88. The van der Waals surface area contributed by atoms with Gasteiger partial charge in [0.25, 0.3) is 0 Å². The molecule has 0 atom stereocenters. The molecular weight excluding hydrogens is 288 g/mol. The van der Waals surface area contributed by atoms with Crippen molar-refractivity contribution in [1.29, 1.82) is 0 Å². The molecule has 0 bridgehead atoms. The summed E-state index contributed by atoms with van der Waals surface area (Å²) in [5.74, 6) is 0. The highest BCUT2D eigenvalue weighted by Crippen LogP contribution is 2.23. The second-order valence-corrected chi connectivity index (χ2v) is 7.59. The maximum atomic E-state index is 11.4. The summed E-state index contributed by atoms with van der Waals surface area (Å²) < 4.78 is 28.7. The molecule has 118 valence electrons. The van der Waals surface area contributed by atoms with Gasteiger partial charge in [-0.05, 0) is 31.0 Å². The smallest absolute Gasteiger partial charge is 0.175 e. The summed E-state index contributed by atoms with van der Waals surface area (Å²) in [6.07, 6.45) is 7.73. The van der Waals surface area contributed by atoms with Crippen molar-refractivity contribution in [3.05, 3.63) is 18.2 Å². The van der Waals surface area contributed by atoms with Crippen molar-refractivity contribution in [1.82, 2.24) is 0 Å². The van der Waals surface area contributed by atoms with E-state index in [4.69, 9.17) is 10.5 Å². The molecule has 1 aromatic rings. The number of ether oxygens (including phenoxy) is 1. The van der Waals surface area contributed by atoms with E-state index in [9.17, 15) is 8.42 Å². The van der Waals surface area contributed by atoms with Crippen molar-refractivity contribution in [2.45, 2.75) is 43.1 Å². The zero-order valence-electron chi connectivity index (χ0n) is 12.5. The molecule has 1 aromatic carbocycles. The van der Waals surface area contributed by atoms with Gasteiger partial charge in [-0.25, -0.2) is 8.42 Å². The van der Waals surface area contributed by atoms with Crippen molar-refractivity contribution >= 4 is 21.2 Å². The molecular formula is C15H24N2O3S. The van der Waals surface area contributed by atoms with Gasteiger partial charge in [0.05, 0.1) is 29.0 Å².